The Hall–Kier alpha value is -1.20. The Labute approximate surface area is 101 Å². The van der Waals surface area contributed by atoms with Gasteiger partial charge in [0, 0.05) is 45.4 Å². The van der Waals surface area contributed by atoms with Gasteiger partial charge in [-0.1, -0.05) is 0 Å². The van der Waals surface area contributed by atoms with Crippen LogP contribution in [-0.4, -0.2) is 35.5 Å². The Balaban J connectivity index is 1.97. The third-order valence-electron chi connectivity index (χ3n) is 3.60. The summed E-state index contributed by atoms with van der Waals surface area (Å²) in [5, 5.41) is 0. The van der Waals surface area contributed by atoms with E-state index in [0.717, 1.165) is 25.7 Å². The number of ether oxygens (including phenoxy) is 2. The van der Waals surface area contributed by atoms with Crippen LogP contribution in [0.4, 0.5) is 0 Å². The van der Waals surface area contributed by atoms with Gasteiger partial charge in [0.05, 0.1) is 0 Å². The van der Waals surface area contributed by atoms with Crippen molar-refractivity contribution in [3.05, 3.63) is 18.7 Å². The fraction of sp³-hybridized carbons (Fsp3) is 0.667. The highest BCUT2D eigenvalue weighted by Gasteiger charge is 2.37. The molecule has 1 aromatic rings. The van der Waals surface area contributed by atoms with Gasteiger partial charge >= 0.3 is 0 Å². The van der Waals surface area contributed by atoms with Crippen LogP contribution in [0, 0.1) is 5.92 Å². The quantitative estimate of drug-likeness (QED) is 0.752. The number of hydrogen-bond acceptors (Lipinski definition) is 4. The maximum atomic E-state index is 12.1. The molecule has 1 heterocycles. The van der Waals surface area contributed by atoms with Gasteiger partial charge in [0.1, 0.15) is 6.33 Å². The zero-order valence-corrected chi connectivity index (χ0v) is 10.3. The van der Waals surface area contributed by atoms with Crippen LogP contribution in [0.1, 0.15) is 30.5 Å². The number of rotatable bonds is 3. The maximum Gasteiger partial charge on any atom is 0.234 e. The molecule has 5 nitrogen and oxygen atoms in total. The van der Waals surface area contributed by atoms with Gasteiger partial charge in [-0.3, -0.25) is 9.36 Å². The van der Waals surface area contributed by atoms with Crippen LogP contribution in [0.5, 0.6) is 0 Å². The second-order valence-corrected chi connectivity index (χ2v) is 4.40. The molecule has 1 saturated carbocycles. The predicted octanol–water partition coefficient (Wildman–Crippen LogP) is 1.70. The molecule has 0 N–H and O–H groups in total. The SMILES string of the molecule is COC1(OC)CCC(C(=O)n2ccnc2)CC1. The van der Waals surface area contributed by atoms with Gasteiger partial charge in [-0.05, 0) is 12.8 Å². The molecular weight excluding hydrogens is 220 g/mol. The van der Waals surface area contributed by atoms with Crippen LogP contribution in [-0.2, 0) is 9.47 Å². The summed E-state index contributed by atoms with van der Waals surface area (Å²) in [6.45, 7) is 0. The van der Waals surface area contributed by atoms with Crippen LogP contribution < -0.4 is 0 Å². The highest BCUT2D eigenvalue weighted by Crippen LogP contribution is 2.35. The molecule has 0 bridgehead atoms. The average Bonchev–Trinajstić information content (AvgIpc) is 2.92. The third kappa shape index (κ3) is 2.40. The first-order valence-electron chi connectivity index (χ1n) is 5.83. The van der Waals surface area contributed by atoms with Crippen LogP contribution in [0.15, 0.2) is 18.7 Å². The molecule has 94 valence electrons. The van der Waals surface area contributed by atoms with E-state index in [2.05, 4.69) is 4.98 Å². The van der Waals surface area contributed by atoms with Crippen molar-refractivity contribution < 1.29 is 14.3 Å². The lowest BCUT2D eigenvalue weighted by molar-refractivity contribution is -0.225. The molecule has 2 rings (SSSR count). The van der Waals surface area contributed by atoms with Crippen molar-refractivity contribution in [1.82, 2.24) is 9.55 Å². The topological polar surface area (TPSA) is 53.4 Å². The lowest BCUT2D eigenvalue weighted by atomic mass is 9.84. The molecule has 0 atom stereocenters. The third-order valence-corrected chi connectivity index (χ3v) is 3.60. The average molecular weight is 238 g/mol. The van der Waals surface area contributed by atoms with Gasteiger partial charge in [-0.25, -0.2) is 4.98 Å². The molecule has 0 radical (unpaired) electrons. The molecule has 0 saturated heterocycles. The summed E-state index contributed by atoms with van der Waals surface area (Å²) >= 11 is 0. The molecule has 0 aromatic carbocycles. The highest BCUT2D eigenvalue weighted by atomic mass is 16.7. The Morgan fingerprint density at radius 1 is 1.35 bits per heavy atom. The van der Waals surface area contributed by atoms with E-state index in [0.29, 0.717) is 0 Å². The van der Waals surface area contributed by atoms with E-state index in [1.807, 2.05) is 0 Å². The number of carbonyl (C=O) groups excluding carboxylic acids is 1. The molecule has 5 heteroatoms. The first-order chi connectivity index (χ1) is 8.21. The molecule has 0 unspecified atom stereocenters. The zero-order chi connectivity index (χ0) is 12.3. The van der Waals surface area contributed by atoms with Gasteiger partial charge in [0.15, 0.2) is 5.79 Å². The molecule has 1 aliphatic rings. The summed E-state index contributed by atoms with van der Waals surface area (Å²) in [5.74, 6) is -0.336. The summed E-state index contributed by atoms with van der Waals surface area (Å²) in [6, 6.07) is 0. The minimum atomic E-state index is -0.494. The molecular formula is C12H18N2O3. The van der Waals surface area contributed by atoms with Gasteiger partial charge in [-0.15, -0.1) is 0 Å². The van der Waals surface area contributed by atoms with E-state index in [1.54, 1.807) is 37.5 Å². The lowest BCUT2D eigenvalue weighted by Gasteiger charge is -2.37. The van der Waals surface area contributed by atoms with E-state index < -0.39 is 5.79 Å². The summed E-state index contributed by atoms with van der Waals surface area (Å²) in [5.41, 5.74) is 0. The highest BCUT2D eigenvalue weighted by molar-refractivity contribution is 5.81. The first kappa shape index (κ1) is 12.3. The van der Waals surface area contributed by atoms with E-state index >= 15 is 0 Å². The van der Waals surface area contributed by atoms with Crippen LogP contribution in [0.25, 0.3) is 0 Å². The number of methoxy groups -OCH3 is 2. The Kier molecular flexibility index (Phi) is 3.59. The van der Waals surface area contributed by atoms with Crippen LogP contribution in [0.3, 0.4) is 0 Å². The normalized spacial score (nSPS) is 20.4. The zero-order valence-electron chi connectivity index (χ0n) is 10.3. The largest absolute Gasteiger partial charge is 0.353 e. The molecule has 1 aromatic heterocycles. The van der Waals surface area contributed by atoms with Crippen molar-refractivity contribution in [2.45, 2.75) is 31.5 Å². The van der Waals surface area contributed by atoms with Gasteiger partial charge < -0.3 is 9.47 Å². The van der Waals surface area contributed by atoms with Crippen molar-refractivity contribution in [3.8, 4) is 0 Å². The van der Waals surface area contributed by atoms with E-state index in [9.17, 15) is 4.79 Å². The van der Waals surface area contributed by atoms with Crippen LogP contribution in [0.2, 0.25) is 0 Å². The fourth-order valence-corrected chi connectivity index (χ4v) is 2.40. The van der Waals surface area contributed by atoms with E-state index in [1.165, 1.54) is 0 Å². The minimum Gasteiger partial charge on any atom is -0.353 e. The van der Waals surface area contributed by atoms with Gasteiger partial charge in [0.25, 0.3) is 0 Å². The number of nitrogens with zero attached hydrogens (tertiary/aromatic N) is 2. The fourth-order valence-electron chi connectivity index (χ4n) is 2.40. The van der Waals surface area contributed by atoms with Crippen molar-refractivity contribution in [1.29, 1.82) is 0 Å². The first-order valence-corrected chi connectivity index (χ1v) is 5.83. The van der Waals surface area contributed by atoms with Crippen molar-refractivity contribution in [2.75, 3.05) is 14.2 Å². The standard InChI is InChI=1S/C12H18N2O3/c1-16-12(17-2)5-3-10(4-6-12)11(15)14-8-7-13-9-14/h7-10H,3-6H2,1-2H3. The number of hydrogen-bond donors (Lipinski definition) is 0. The number of imidazole rings is 1. The van der Waals surface area contributed by atoms with Crippen molar-refractivity contribution >= 4 is 5.91 Å². The molecule has 0 aliphatic heterocycles. The minimum absolute atomic E-state index is 0.0441. The Morgan fingerprint density at radius 3 is 2.47 bits per heavy atom. The number of carbonyl (C=O) groups is 1. The van der Waals surface area contributed by atoms with Gasteiger partial charge in [0.2, 0.25) is 5.91 Å². The summed E-state index contributed by atoms with van der Waals surface area (Å²) in [6.07, 6.45) is 7.95. The summed E-state index contributed by atoms with van der Waals surface area (Å²) in [4.78, 5) is 16.0. The van der Waals surface area contributed by atoms with Crippen molar-refractivity contribution in [2.24, 2.45) is 5.92 Å². The second kappa shape index (κ2) is 4.98. The summed E-state index contributed by atoms with van der Waals surface area (Å²) in [7, 11) is 3.31. The Bertz CT molecular complexity index is 361. The van der Waals surface area contributed by atoms with E-state index in [-0.39, 0.29) is 11.8 Å². The molecule has 17 heavy (non-hydrogen) atoms. The molecule has 1 aliphatic carbocycles. The van der Waals surface area contributed by atoms with E-state index in [4.69, 9.17) is 9.47 Å². The Morgan fingerprint density at radius 2 is 2.00 bits per heavy atom. The predicted molar refractivity (Wildman–Crippen MR) is 61.6 cm³/mol. The molecule has 1 fully saturated rings. The maximum absolute atomic E-state index is 12.1. The number of aromatic nitrogens is 2. The van der Waals surface area contributed by atoms with Crippen LogP contribution >= 0.6 is 0 Å². The molecule has 0 amide bonds. The second-order valence-electron chi connectivity index (χ2n) is 4.40. The lowest BCUT2D eigenvalue weighted by Crippen LogP contribution is -2.40. The monoisotopic (exact) mass is 238 g/mol. The summed E-state index contributed by atoms with van der Waals surface area (Å²) < 4.78 is 12.3. The smallest absolute Gasteiger partial charge is 0.234 e. The van der Waals surface area contributed by atoms with Crippen molar-refractivity contribution in [3.63, 3.8) is 0 Å². The molecule has 0 spiro atoms. The van der Waals surface area contributed by atoms with Gasteiger partial charge in [-0.2, -0.15) is 0 Å².